The van der Waals surface area contributed by atoms with Crippen LogP contribution < -0.4 is 10.6 Å². The molecule has 0 unspecified atom stereocenters. The lowest BCUT2D eigenvalue weighted by Crippen LogP contribution is -2.37. The predicted octanol–water partition coefficient (Wildman–Crippen LogP) is 0.677. The van der Waals surface area contributed by atoms with Crippen LogP contribution in [0.25, 0.3) is 0 Å². The van der Waals surface area contributed by atoms with Crippen LogP contribution in [0, 0.1) is 0 Å². The summed E-state index contributed by atoms with van der Waals surface area (Å²) in [6.45, 7) is 6.98. The average Bonchev–Trinajstić information content (AvgIpc) is 2.00. The lowest BCUT2D eigenvalue weighted by molar-refractivity contribution is -0.116. The molecule has 0 saturated carbocycles. The molecule has 0 bridgehead atoms. The molecule has 0 aliphatic rings. The molecule has 0 fully saturated rings. The van der Waals surface area contributed by atoms with Gasteiger partial charge in [0.25, 0.3) is 0 Å². The highest BCUT2D eigenvalue weighted by Crippen LogP contribution is 2.02. The first-order chi connectivity index (χ1) is 5.52. The van der Waals surface area contributed by atoms with Crippen molar-refractivity contribution in [3.8, 4) is 0 Å². The third kappa shape index (κ3) is 4.91. The normalized spacial score (nSPS) is 12.0. The fourth-order valence-corrected chi connectivity index (χ4v) is 0.882. The van der Waals surface area contributed by atoms with Gasteiger partial charge in [0.15, 0.2) is 0 Å². The standard InChI is InChI=1S/C9H18N2O/c1-5-11-9(2,3)7-6-8(12)10-4/h6-7,11H,5H2,1-4H3,(H,10,12)/b7-6+. The second-order valence-electron chi connectivity index (χ2n) is 3.20. The van der Waals surface area contributed by atoms with Crippen LogP contribution in [0.3, 0.4) is 0 Å². The first kappa shape index (κ1) is 11.2. The van der Waals surface area contributed by atoms with Crippen molar-refractivity contribution < 1.29 is 4.79 Å². The Morgan fingerprint density at radius 3 is 2.50 bits per heavy atom. The molecule has 0 aromatic carbocycles. The largest absolute Gasteiger partial charge is 0.356 e. The minimum absolute atomic E-state index is 0.0685. The summed E-state index contributed by atoms with van der Waals surface area (Å²) in [4.78, 5) is 10.8. The van der Waals surface area contributed by atoms with Crippen LogP contribution in [0.5, 0.6) is 0 Å². The van der Waals surface area contributed by atoms with Gasteiger partial charge >= 0.3 is 0 Å². The summed E-state index contributed by atoms with van der Waals surface area (Å²) in [5.41, 5.74) is -0.110. The van der Waals surface area contributed by atoms with Crippen LogP contribution in [0.2, 0.25) is 0 Å². The van der Waals surface area contributed by atoms with E-state index in [1.807, 2.05) is 26.8 Å². The summed E-state index contributed by atoms with van der Waals surface area (Å²) in [5.74, 6) is -0.0685. The monoisotopic (exact) mass is 170 g/mol. The highest BCUT2D eigenvalue weighted by atomic mass is 16.1. The molecule has 0 saturated heterocycles. The van der Waals surface area contributed by atoms with E-state index in [-0.39, 0.29) is 11.4 Å². The fourth-order valence-electron chi connectivity index (χ4n) is 0.882. The molecule has 12 heavy (non-hydrogen) atoms. The van der Waals surface area contributed by atoms with E-state index in [9.17, 15) is 4.79 Å². The van der Waals surface area contributed by atoms with Crippen molar-refractivity contribution >= 4 is 5.91 Å². The summed E-state index contributed by atoms with van der Waals surface area (Å²) >= 11 is 0. The van der Waals surface area contributed by atoms with Crippen LogP contribution in [0.1, 0.15) is 20.8 Å². The van der Waals surface area contributed by atoms with Gasteiger partial charge in [0.05, 0.1) is 0 Å². The number of likely N-dealkylation sites (N-methyl/N-ethyl adjacent to an activating group) is 2. The van der Waals surface area contributed by atoms with Gasteiger partial charge in [0, 0.05) is 18.7 Å². The molecule has 3 heteroatoms. The Hall–Kier alpha value is -0.830. The van der Waals surface area contributed by atoms with Crippen LogP contribution in [0.4, 0.5) is 0 Å². The second kappa shape index (κ2) is 4.93. The zero-order valence-electron chi connectivity index (χ0n) is 8.27. The van der Waals surface area contributed by atoms with Gasteiger partial charge in [-0.25, -0.2) is 0 Å². The van der Waals surface area contributed by atoms with E-state index in [1.165, 1.54) is 0 Å². The van der Waals surface area contributed by atoms with E-state index >= 15 is 0 Å². The van der Waals surface area contributed by atoms with E-state index in [0.29, 0.717) is 0 Å². The number of hydrogen-bond acceptors (Lipinski definition) is 2. The molecule has 0 atom stereocenters. The summed E-state index contributed by atoms with van der Waals surface area (Å²) in [6, 6.07) is 0. The minimum atomic E-state index is -0.110. The first-order valence-electron chi connectivity index (χ1n) is 4.18. The van der Waals surface area contributed by atoms with Gasteiger partial charge in [-0.05, 0) is 20.4 Å². The molecule has 0 radical (unpaired) electrons. The van der Waals surface area contributed by atoms with Gasteiger partial charge in [0.1, 0.15) is 0 Å². The number of nitrogens with one attached hydrogen (secondary N) is 2. The Morgan fingerprint density at radius 1 is 1.50 bits per heavy atom. The number of carbonyl (C=O) groups excluding carboxylic acids is 1. The molecule has 0 heterocycles. The van der Waals surface area contributed by atoms with Crippen molar-refractivity contribution in [3.63, 3.8) is 0 Å². The third-order valence-corrected chi connectivity index (χ3v) is 1.53. The van der Waals surface area contributed by atoms with Gasteiger partial charge < -0.3 is 10.6 Å². The van der Waals surface area contributed by atoms with Crippen molar-refractivity contribution in [2.24, 2.45) is 0 Å². The summed E-state index contributed by atoms with van der Waals surface area (Å²) in [7, 11) is 1.62. The zero-order chi connectivity index (χ0) is 9.61. The molecule has 0 rings (SSSR count). The maximum absolute atomic E-state index is 10.8. The molecule has 0 aliphatic carbocycles. The number of hydrogen-bond donors (Lipinski definition) is 2. The van der Waals surface area contributed by atoms with Gasteiger partial charge in [-0.2, -0.15) is 0 Å². The van der Waals surface area contributed by atoms with Crippen molar-refractivity contribution in [1.29, 1.82) is 0 Å². The van der Waals surface area contributed by atoms with E-state index in [0.717, 1.165) is 6.54 Å². The van der Waals surface area contributed by atoms with Crippen LogP contribution in [0.15, 0.2) is 12.2 Å². The average molecular weight is 170 g/mol. The lowest BCUT2D eigenvalue weighted by Gasteiger charge is -2.20. The molecule has 0 aliphatic heterocycles. The maximum Gasteiger partial charge on any atom is 0.243 e. The Morgan fingerprint density at radius 2 is 2.08 bits per heavy atom. The first-order valence-corrected chi connectivity index (χ1v) is 4.18. The second-order valence-corrected chi connectivity index (χ2v) is 3.20. The Labute approximate surface area is 74.2 Å². The van der Waals surface area contributed by atoms with Gasteiger partial charge in [-0.1, -0.05) is 13.0 Å². The topological polar surface area (TPSA) is 41.1 Å². The predicted molar refractivity (Wildman–Crippen MR) is 51.0 cm³/mol. The Balaban J connectivity index is 4.03. The number of rotatable bonds is 4. The van der Waals surface area contributed by atoms with Crippen LogP contribution >= 0.6 is 0 Å². The smallest absolute Gasteiger partial charge is 0.243 e. The molecule has 0 aromatic rings. The van der Waals surface area contributed by atoms with Crippen LogP contribution in [-0.2, 0) is 4.79 Å². The van der Waals surface area contributed by atoms with Crippen LogP contribution in [-0.4, -0.2) is 25.0 Å². The van der Waals surface area contributed by atoms with Gasteiger partial charge in [-0.3, -0.25) is 4.79 Å². The summed E-state index contributed by atoms with van der Waals surface area (Å²) in [6.07, 6.45) is 3.40. The summed E-state index contributed by atoms with van der Waals surface area (Å²) < 4.78 is 0. The maximum atomic E-state index is 10.8. The lowest BCUT2D eigenvalue weighted by atomic mass is 10.1. The Bertz CT molecular complexity index is 173. The molecule has 1 amide bonds. The van der Waals surface area contributed by atoms with Crippen molar-refractivity contribution in [1.82, 2.24) is 10.6 Å². The molecule has 0 aromatic heterocycles. The Kier molecular flexibility index (Phi) is 4.59. The number of carbonyl (C=O) groups is 1. The molecule has 3 nitrogen and oxygen atoms in total. The zero-order valence-corrected chi connectivity index (χ0v) is 8.27. The highest BCUT2D eigenvalue weighted by Gasteiger charge is 2.10. The van der Waals surface area contributed by atoms with Gasteiger partial charge in [0.2, 0.25) is 5.91 Å². The molecule has 70 valence electrons. The van der Waals surface area contributed by atoms with Gasteiger partial charge in [-0.15, -0.1) is 0 Å². The summed E-state index contributed by atoms with van der Waals surface area (Å²) in [5, 5.41) is 5.76. The van der Waals surface area contributed by atoms with Crippen molar-refractivity contribution in [2.45, 2.75) is 26.3 Å². The molecule has 2 N–H and O–H groups in total. The minimum Gasteiger partial charge on any atom is -0.356 e. The quantitative estimate of drug-likeness (QED) is 0.609. The fraction of sp³-hybridized carbons (Fsp3) is 0.667. The van der Waals surface area contributed by atoms with Crippen molar-refractivity contribution in [3.05, 3.63) is 12.2 Å². The molecular formula is C9H18N2O. The SMILES string of the molecule is CCNC(C)(C)/C=C/C(=O)NC. The third-order valence-electron chi connectivity index (χ3n) is 1.53. The van der Waals surface area contributed by atoms with E-state index in [2.05, 4.69) is 10.6 Å². The van der Waals surface area contributed by atoms with Crippen molar-refractivity contribution in [2.75, 3.05) is 13.6 Å². The molecular weight excluding hydrogens is 152 g/mol. The highest BCUT2D eigenvalue weighted by molar-refractivity contribution is 5.87. The van der Waals surface area contributed by atoms with E-state index in [1.54, 1.807) is 13.1 Å². The molecule has 0 spiro atoms. The van der Waals surface area contributed by atoms with E-state index < -0.39 is 0 Å². The number of amides is 1. The van der Waals surface area contributed by atoms with E-state index in [4.69, 9.17) is 0 Å².